The number of carbonyl (C=O) groups is 1. The zero-order valence-corrected chi connectivity index (χ0v) is 5.42. The lowest BCUT2D eigenvalue weighted by Crippen LogP contribution is -2.21. The molecular formula is C4H9ClN2O. The molecule has 0 heterocycles. The summed E-state index contributed by atoms with van der Waals surface area (Å²) in [5.41, 5.74) is 4.98. The number of nitrogens with one attached hydrogen (secondary N) is 1. The Hall–Kier alpha value is -0.700. The molecule has 0 rings (SSSR count). The fourth-order valence-corrected chi connectivity index (χ4v) is 0.123. The number of halogens is 1. The van der Waals surface area contributed by atoms with Crippen molar-refractivity contribution in [1.82, 2.24) is 5.32 Å². The summed E-state index contributed by atoms with van der Waals surface area (Å²) in [6.45, 7) is 3.29. The summed E-state index contributed by atoms with van der Waals surface area (Å²) in [6, 6.07) is 0. The van der Waals surface area contributed by atoms with E-state index in [0.717, 1.165) is 0 Å². The first-order valence-corrected chi connectivity index (χ1v) is 1.85. The van der Waals surface area contributed by atoms with Crippen molar-refractivity contribution in [3.05, 3.63) is 12.3 Å². The van der Waals surface area contributed by atoms with Crippen molar-refractivity contribution in [2.45, 2.75) is 0 Å². The molecule has 0 aliphatic carbocycles. The molecule has 0 saturated heterocycles. The van der Waals surface area contributed by atoms with Gasteiger partial charge in [0.2, 0.25) is 0 Å². The summed E-state index contributed by atoms with van der Waals surface area (Å²) >= 11 is 0. The zero-order chi connectivity index (χ0) is 5.86. The van der Waals surface area contributed by atoms with Gasteiger partial charge in [-0.05, 0) is 0 Å². The molecule has 0 aliphatic rings. The van der Waals surface area contributed by atoms with Gasteiger partial charge >= 0.3 is 0 Å². The summed E-state index contributed by atoms with van der Waals surface area (Å²) in [5.74, 6) is -0.512. The Kier molecular flexibility index (Phi) is 5.75. The van der Waals surface area contributed by atoms with Crippen molar-refractivity contribution < 1.29 is 4.79 Å². The Morgan fingerprint density at radius 1 is 1.75 bits per heavy atom. The second-order valence-corrected chi connectivity index (χ2v) is 1.09. The van der Waals surface area contributed by atoms with E-state index in [1.807, 2.05) is 0 Å². The molecule has 1 amide bonds. The van der Waals surface area contributed by atoms with Gasteiger partial charge in [-0.3, -0.25) is 4.79 Å². The lowest BCUT2D eigenvalue weighted by molar-refractivity contribution is -0.114. The molecule has 0 unspecified atom stereocenters. The summed E-state index contributed by atoms with van der Waals surface area (Å²) in [4.78, 5) is 9.99. The first kappa shape index (κ1) is 10.3. The van der Waals surface area contributed by atoms with Crippen LogP contribution >= 0.6 is 12.4 Å². The van der Waals surface area contributed by atoms with E-state index in [0.29, 0.717) is 0 Å². The molecule has 0 bridgehead atoms. The average Bonchev–Trinajstić information content (AvgIpc) is 1.65. The summed E-state index contributed by atoms with van der Waals surface area (Å²) in [5, 5.41) is 2.50. The second-order valence-electron chi connectivity index (χ2n) is 1.09. The molecule has 0 fully saturated rings. The van der Waals surface area contributed by atoms with E-state index in [1.54, 1.807) is 7.05 Å². The van der Waals surface area contributed by atoms with E-state index in [-0.39, 0.29) is 18.1 Å². The van der Waals surface area contributed by atoms with Crippen molar-refractivity contribution in [1.29, 1.82) is 0 Å². The van der Waals surface area contributed by atoms with Crippen molar-refractivity contribution in [3.63, 3.8) is 0 Å². The van der Waals surface area contributed by atoms with Crippen LogP contribution in [0.5, 0.6) is 0 Å². The molecule has 3 nitrogen and oxygen atoms in total. The fourth-order valence-electron chi connectivity index (χ4n) is 0.123. The monoisotopic (exact) mass is 136 g/mol. The van der Waals surface area contributed by atoms with Crippen LogP contribution in [0, 0.1) is 0 Å². The van der Waals surface area contributed by atoms with E-state index in [4.69, 9.17) is 5.73 Å². The van der Waals surface area contributed by atoms with E-state index >= 15 is 0 Å². The van der Waals surface area contributed by atoms with Crippen LogP contribution in [0.3, 0.4) is 0 Å². The maximum Gasteiger partial charge on any atom is 0.264 e. The van der Waals surface area contributed by atoms with Crippen LogP contribution in [0.1, 0.15) is 0 Å². The Labute approximate surface area is 54.3 Å². The normalized spacial score (nSPS) is 6.62. The maximum atomic E-state index is 9.99. The van der Waals surface area contributed by atoms with Crippen molar-refractivity contribution in [2.24, 2.45) is 5.73 Å². The number of carbonyl (C=O) groups excluding carboxylic acids is 1. The molecular weight excluding hydrogens is 128 g/mol. The van der Waals surface area contributed by atoms with Gasteiger partial charge in [0, 0.05) is 7.05 Å². The molecule has 4 heteroatoms. The van der Waals surface area contributed by atoms with Crippen molar-refractivity contribution >= 4 is 18.3 Å². The van der Waals surface area contributed by atoms with Crippen LogP contribution in [-0.4, -0.2) is 13.0 Å². The average molecular weight is 137 g/mol. The number of rotatable bonds is 2. The number of primary amides is 1. The molecule has 0 spiro atoms. The van der Waals surface area contributed by atoms with Crippen LogP contribution in [0.2, 0.25) is 0 Å². The fraction of sp³-hybridized carbons (Fsp3) is 0.250. The summed E-state index contributed by atoms with van der Waals surface area (Å²) < 4.78 is 0. The Morgan fingerprint density at radius 3 is 2.12 bits per heavy atom. The highest BCUT2D eigenvalue weighted by atomic mass is 35.5. The first-order valence-electron chi connectivity index (χ1n) is 1.85. The minimum atomic E-state index is -0.512. The van der Waals surface area contributed by atoms with Crippen LogP contribution in [-0.2, 0) is 4.79 Å². The highest BCUT2D eigenvalue weighted by Gasteiger charge is 1.92. The molecule has 8 heavy (non-hydrogen) atoms. The topological polar surface area (TPSA) is 55.1 Å². The minimum Gasteiger partial charge on any atom is -0.384 e. The predicted octanol–water partition coefficient (Wildman–Crippen LogP) is -0.373. The lowest BCUT2D eigenvalue weighted by atomic mass is 10.5. The van der Waals surface area contributed by atoms with Gasteiger partial charge in [0.1, 0.15) is 0 Å². The lowest BCUT2D eigenvalue weighted by Gasteiger charge is -1.93. The van der Waals surface area contributed by atoms with Crippen molar-refractivity contribution in [2.75, 3.05) is 7.05 Å². The molecule has 3 N–H and O–H groups in total. The molecule has 0 atom stereocenters. The highest BCUT2D eigenvalue weighted by Crippen LogP contribution is 1.73. The molecule has 0 saturated carbocycles. The summed E-state index contributed by atoms with van der Waals surface area (Å²) in [6.07, 6.45) is 0. The third-order valence-electron chi connectivity index (χ3n) is 0.599. The molecule has 0 aromatic heterocycles. The molecule has 0 aliphatic heterocycles. The molecule has 0 aromatic carbocycles. The van der Waals surface area contributed by atoms with Crippen LogP contribution in [0.15, 0.2) is 12.3 Å². The number of hydrogen-bond donors (Lipinski definition) is 2. The quantitative estimate of drug-likeness (QED) is 0.509. The van der Waals surface area contributed by atoms with E-state index in [2.05, 4.69) is 11.9 Å². The first-order chi connectivity index (χ1) is 3.18. The maximum absolute atomic E-state index is 9.99. The van der Waals surface area contributed by atoms with Gasteiger partial charge in [0.25, 0.3) is 5.91 Å². The van der Waals surface area contributed by atoms with E-state index in [9.17, 15) is 4.79 Å². The standard InChI is InChI=1S/C4H8N2O.ClH/c1-3(6-2)4(5)7;/h6H,1H2,2H3,(H2,5,7);1H. The number of likely N-dealkylation sites (N-methyl/N-ethyl adjacent to an activating group) is 1. The second kappa shape index (κ2) is 4.46. The van der Waals surface area contributed by atoms with E-state index < -0.39 is 5.91 Å². The van der Waals surface area contributed by atoms with Gasteiger partial charge < -0.3 is 11.1 Å². The van der Waals surface area contributed by atoms with E-state index in [1.165, 1.54) is 0 Å². The zero-order valence-electron chi connectivity index (χ0n) is 4.60. The van der Waals surface area contributed by atoms with Crippen LogP contribution < -0.4 is 11.1 Å². The Morgan fingerprint density at radius 2 is 2.12 bits per heavy atom. The third kappa shape index (κ3) is 3.49. The smallest absolute Gasteiger partial charge is 0.264 e. The molecule has 0 radical (unpaired) electrons. The van der Waals surface area contributed by atoms with Crippen LogP contribution in [0.4, 0.5) is 0 Å². The van der Waals surface area contributed by atoms with Gasteiger partial charge in [0.05, 0.1) is 5.70 Å². The number of nitrogens with two attached hydrogens (primary N) is 1. The summed E-state index contributed by atoms with van der Waals surface area (Å²) in [7, 11) is 1.59. The minimum absolute atomic E-state index is 0. The molecule has 0 aromatic rings. The van der Waals surface area contributed by atoms with Gasteiger partial charge in [-0.25, -0.2) is 0 Å². The van der Waals surface area contributed by atoms with Crippen LogP contribution in [0.25, 0.3) is 0 Å². The SMILES string of the molecule is C=C(NC)C(N)=O.Cl. The Balaban J connectivity index is 0. The molecule has 48 valence electrons. The third-order valence-corrected chi connectivity index (χ3v) is 0.599. The number of amides is 1. The highest BCUT2D eigenvalue weighted by molar-refractivity contribution is 5.90. The largest absolute Gasteiger partial charge is 0.384 e. The van der Waals surface area contributed by atoms with Gasteiger partial charge in [-0.1, -0.05) is 6.58 Å². The predicted molar refractivity (Wildman–Crippen MR) is 34.6 cm³/mol. The number of hydrogen-bond acceptors (Lipinski definition) is 2. The van der Waals surface area contributed by atoms with Crippen molar-refractivity contribution in [3.8, 4) is 0 Å². The van der Waals surface area contributed by atoms with Gasteiger partial charge in [-0.15, -0.1) is 12.4 Å². The Bertz CT molecular complexity index is 102. The van der Waals surface area contributed by atoms with Gasteiger partial charge in [0.15, 0.2) is 0 Å². The van der Waals surface area contributed by atoms with Gasteiger partial charge in [-0.2, -0.15) is 0 Å².